The summed E-state index contributed by atoms with van der Waals surface area (Å²) in [6, 6.07) is 14.3. The SMILES string of the molecule is Cc1ccc(OCCN(C)CCC(=O)NCCc2ccc(S(N)(=O)=O)cc2)cc1. The number of hydrogen-bond acceptors (Lipinski definition) is 5. The second-order valence-electron chi connectivity index (χ2n) is 7.00. The molecule has 0 unspecified atom stereocenters. The van der Waals surface area contributed by atoms with E-state index in [2.05, 4.69) is 10.2 Å². The molecule has 2 rings (SSSR count). The Hall–Kier alpha value is -2.42. The molecule has 8 heteroatoms. The van der Waals surface area contributed by atoms with Gasteiger partial charge in [0.1, 0.15) is 12.4 Å². The first-order valence-corrected chi connectivity index (χ1v) is 11.0. The highest BCUT2D eigenvalue weighted by Crippen LogP contribution is 2.11. The maximum absolute atomic E-state index is 12.0. The molecular formula is C21H29N3O4S. The number of benzene rings is 2. The van der Waals surface area contributed by atoms with Crippen molar-refractivity contribution in [2.75, 3.05) is 33.3 Å². The molecule has 0 aliphatic carbocycles. The number of sulfonamides is 1. The molecule has 2 aromatic carbocycles. The van der Waals surface area contributed by atoms with Crippen molar-refractivity contribution in [2.24, 2.45) is 5.14 Å². The maximum Gasteiger partial charge on any atom is 0.238 e. The van der Waals surface area contributed by atoms with Crippen LogP contribution in [0.15, 0.2) is 53.4 Å². The lowest BCUT2D eigenvalue weighted by atomic mass is 10.1. The number of nitrogens with one attached hydrogen (secondary N) is 1. The van der Waals surface area contributed by atoms with Crippen LogP contribution in [0.5, 0.6) is 5.75 Å². The standard InChI is InChI=1S/C21H29N3O4S/c1-17-3-7-19(8-4-17)28-16-15-24(2)14-12-21(25)23-13-11-18-5-9-20(10-6-18)29(22,26)27/h3-10H,11-16H2,1-2H3,(H,23,25)(H2,22,26,27). The van der Waals surface area contributed by atoms with Gasteiger partial charge in [-0.15, -0.1) is 0 Å². The van der Waals surface area contributed by atoms with Gasteiger partial charge in [0.15, 0.2) is 0 Å². The largest absolute Gasteiger partial charge is 0.492 e. The number of hydrogen-bond donors (Lipinski definition) is 2. The number of rotatable bonds is 11. The van der Waals surface area contributed by atoms with Crippen molar-refractivity contribution in [3.8, 4) is 5.75 Å². The highest BCUT2D eigenvalue weighted by molar-refractivity contribution is 7.89. The van der Waals surface area contributed by atoms with E-state index in [-0.39, 0.29) is 10.8 Å². The smallest absolute Gasteiger partial charge is 0.238 e. The number of likely N-dealkylation sites (N-methyl/N-ethyl adjacent to an activating group) is 1. The van der Waals surface area contributed by atoms with Gasteiger partial charge in [-0.1, -0.05) is 29.8 Å². The second kappa shape index (κ2) is 10.9. The minimum absolute atomic E-state index is 0.0162. The van der Waals surface area contributed by atoms with E-state index >= 15 is 0 Å². The van der Waals surface area contributed by atoms with Gasteiger partial charge in [0.2, 0.25) is 15.9 Å². The number of nitrogens with two attached hydrogens (primary N) is 1. The van der Waals surface area contributed by atoms with E-state index in [1.54, 1.807) is 12.1 Å². The molecule has 0 aromatic heterocycles. The lowest BCUT2D eigenvalue weighted by molar-refractivity contribution is -0.121. The Morgan fingerprint density at radius 2 is 1.72 bits per heavy atom. The molecule has 158 valence electrons. The monoisotopic (exact) mass is 419 g/mol. The van der Waals surface area contributed by atoms with Gasteiger partial charge in [-0.05, 0) is 50.2 Å². The number of carbonyl (C=O) groups is 1. The van der Waals surface area contributed by atoms with Gasteiger partial charge in [0.25, 0.3) is 0 Å². The number of amides is 1. The van der Waals surface area contributed by atoms with Crippen molar-refractivity contribution in [1.82, 2.24) is 10.2 Å². The van der Waals surface area contributed by atoms with Gasteiger partial charge in [-0.25, -0.2) is 13.6 Å². The van der Waals surface area contributed by atoms with Crippen molar-refractivity contribution < 1.29 is 17.9 Å². The van der Waals surface area contributed by atoms with E-state index in [1.165, 1.54) is 17.7 Å². The third-order valence-electron chi connectivity index (χ3n) is 4.47. The zero-order valence-electron chi connectivity index (χ0n) is 16.9. The molecule has 0 saturated heterocycles. The van der Waals surface area contributed by atoms with E-state index in [4.69, 9.17) is 9.88 Å². The minimum atomic E-state index is -3.68. The van der Waals surface area contributed by atoms with Crippen LogP contribution in [0.2, 0.25) is 0 Å². The van der Waals surface area contributed by atoms with E-state index in [1.807, 2.05) is 38.2 Å². The lowest BCUT2D eigenvalue weighted by Crippen LogP contribution is -2.31. The average molecular weight is 420 g/mol. The summed E-state index contributed by atoms with van der Waals surface area (Å²) in [5.41, 5.74) is 2.13. The molecular weight excluding hydrogens is 390 g/mol. The second-order valence-corrected chi connectivity index (χ2v) is 8.57. The molecule has 0 aliphatic rings. The van der Waals surface area contributed by atoms with E-state index in [0.29, 0.717) is 32.5 Å². The van der Waals surface area contributed by atoms with Crippen molar-refractivity contribution in [3.05, 3.63) is 59.7 Å². The molecule has 2 aromatic rings. The molecule has 0 fully saturated rings. The average Bonchev–Trinajstić information content (AvgIpc) is 2.68. The molecule has 0 heterocycles. The van der Waals surface area contributed by atoms with E-state index in [9.17, 15) is 13.2 Å². The highest BCUT2D eigenvalue weighted by Gasteiger charge is 2.08. The zero-order chi connectivity index (χ0) is 21.3. The molecule has 1 amide bonds. The van der Waals surface area contributed by atoms with Gasteiger partial charge in [0, 0.05) is 26.1 Å². The molecule has 0 atom stereocenters. The predicted octanol–water partition coefficient (Wildman–Crippen LogP) is 1.70. The molecule has 0 bridgehead atoms. The third-order valence-corrected chi connectivity index (χ3v) is 5.40. The molecule has 7 nitrogen and oxygen atoms in total. The van der Waals surface area contributed by atoms with Crippen LogP contribution in [0.25, 0.3) is 0 Å². The van der Waals surface area contributed by atoms with E-state index < -0.39 is 10.0 Å². The van der Waals surface area contributed by atoms with Crippen LogP contribution in [0, 0.1) is 6.92 Å². The molecule has 3 N–H and O–H groups in total. The maximum atomic E-state index is 12.0. The number of primary sulfonamides is 1. The molecule has 0 saturated carbocycles. The zero-order valence-corrected chi connectivity index (χ0v) is 17.7. The third kappa shape index (κ3) is 8.64. The van der Waals surface area contributed by atoms with Crippen LogP contribution >= 0.6 is 0 Å². The molecule has 0 radical (unpaired) electrons. The van der Waals surface area contributed by atoms with Crippen LogP contribution in [0.1, 0.15) is 17.5 Å². The van der Waals surface area contributed by atoms with Gasteiger partial charge in [0.05, 0.1) is 4.90 Å². The minimum Gasteiger partial charge on any atom is -0.492 e. The summed E-state index contributed by atoms with van der Waals surface area (Å²) < 4.78 is 28.2. The van der Waals surface area contributed by atoms with Crippen LogP contribution in [-0.4, -0.2) is 52.5 Å². The first-order chi connectivity index (χ1) is 13.7. The van der Waals surface area contributed by atoms with Gasteiger partial charge >= 0.3 is 0 Å². The highest BCUT2D eigenvalue weighted by atomic mass is 32.2. The summed E-state index contributed by atoms with van der Waals surface area (Å²) in [7, 11) is -1.72. The van der Waals surface area contributed by atoms with Crippen molar-refractivity contribution in [1.29, 1.82) is 0 Å². The van der Waals surface area contributed by atoms with Crippen LogP contribution in [0.3, 0.4) is 0 Å². The van der Waals surface area contributed by atoms with Crippen LogP contribution < -0.4 is 15.2 Å². The first-order valence-electron chi connectivity index (χ1n) is 9.50. The fraction of sp³-hybridized carbons (Fsp3) is 0.381. The number of carbonyl (C=O) groups excluding carboxylic acids is 1. The normalized spacial score (nSPS) is 11.4. The van der Waals surface area contributed by atoms with Crippen molar-refractivity contribution >= 4 is 15.9 Å². The topological polar surface area (TPSA) is 102 Å². The number of nitrogens with zero attached hydrogens (tertiary/aromatic N) is 1. The van der Waals surface area contributed by atoms with Crippen LogP contribution in [0.4, 0.5) is 0 Å². The Balaban J connectivity index is 1.59. The Morgan fingerprint density at radius 1 is 1.07 bits per heavy atom. The van der Waals surface area contributed by atoms with Gasteiger partial charge in [-0.2, -0.15) is 0 Å². The predicted molar refractivity (Wildman–Crippen MR) is 113 cm³/mol. The summed E-state index contributed by atoms with van der Waals surface area (Å²) >= 11 is 0. The fourth-order valence-electron chi connectivity index (χ4n) is 2.64. The quantitative estimate of drug-likeness (QED) is 0.577. The lowest BCUT2D eigenvalue weighted by Gasteiger charge is -2.16. The summed E-state index contributed by atoms with van der Waals surface area (Å²) in [6.45, 7) is 4.47. The summed E-state index contributed by atoms with van der Waals surface area (Å²) in [4.78, 5) is 14.1. The Bertz CT molecular complexity index is 881. The Morgan fingerprint density at radius 3 is 2.34 bits per heavy atom. The van der Waals surface area contributed by atoms with Crippen molar-refractivity contribution in [3.63, 3.8) is 0 Å². The summed E-state index contributed by atoms with van der Waals surface area (Å²) in [6.07, 6.45) is 1.03. The molecule has 0 spiro atoms. The number of ether oxygens (including phenoxy) is 1. The Labute approximate surface area is 172 Å². The molecule has 29 heavy (non-hydrogen) atoms. The fourth-order valence-corrected chi connectivity index (χ4v) is 3.15. The molecule has 0 aliphatic heterocycles. The summed E-state index contributed by atoms with van der Waals surface area (Å²) in [5.74, 6) is 0.830. The van der Waals surface area contributed by atoms with Crippen LogP contribution in [-0.2, 0) is 21.2 Å². The van der Waals surface area contributed by atoms with E-state index in [0.717, 1.165) is 17.9 Å². The van der Waals surface area contributed by atoms with Crippen molar-refractivity contribution in [2.45, 2.75) is 24.7 Å². The Kier molecular flexibility index (Phi) is 8.63. The number of aryl methyl sites for hydroxylation is 1. The first kappa shape index (κ1) is 22.9. The summed E-state index contributed by atoms with van der Waals surface area (Å²) in [5, 5.41) is 7.95. The van der Waals surface area contributed by atoms with Gasteiger partial charge in [-0.3, -0.25) is 4.79 Å². The van der Waals surface area contributed by atoms with Gasteiger partial charge < -0.3 is 15.0 Å².